The highest BCUT2D eigenvalue weighted by Gasteiger charge is 2.05. The number of aromatic amines is 1. The van der Waals surface area contributed by atoms with E-state index >= 15 is 0 Å². The van der Waals surface area contributed by atoms with Gasteiger partial charge in [0.2, 0.25) is 0 Å². The number of nitrogens with one attached hydrogen (secondary N) is 2. The molecule has 5 heteroatoms. The van der Waals surface area contributed by atoms with Gasteiger partial charge < -0.3 is 5.32 Å². The smallest absolute Gasteiger partial charge is 0.251 e. The van der Waals surface area contributed by atoms with Gasteiger partial charge in [0.15, 0.2) is 0 Å². The average molecular weight is 269 g/mol. The Hall–Kier alpha value is -2.69. The molecule has 20 heavy (non-hydrogen) atoms. The van der Waals surface area contributed by atoms with Crippen LogP contribution in [0.1, 0.15) is 15.9 Å². The zero-order chi connectivity index (χ0) is 13.9. The number of amides is 1. The Morgan fingerprint density at radius 1 is 1.20 bits per heavy atom. The van der Waals surface area contributed by atoms with Crippen molar-refractivity contribution in [3.8, 4) is 0 Å². The summed E-state index contributed by atoms with van der Waals surface area (Å²) in [5.41, 5.74) is 2.34. The number of aromatic nitrogens is 2. The quantitative estimate of drug-likeness (QED) is 0.768. The first-order valence-corrected chi connectivity index (χ1v) is 6.18. The Bertz CT molecular complexity index is 749. The van der Waals surface area contributed by atoms with Gasteiger partial charge in [-0.05, 0) is 35.9 Å². The van der Waals surface area contributed by atoms with Gasteiger partial charge in [-0.2, -0.15) is 5.10 Å². The monoisotopic (exact) mass is 269 g/mol. The topological polar surface area (TPSA) is 57.8 Å². The normalized spacial score (nSPS) is 10.7. The molecule has 0 aliphatic rings. The van der Waals surface area contributed by atoms with Crippen LogP contribution in [-0.2, 0) is 6.54 Å². The number of carbonyl (C=O) groups excluding carboxylic acids is 1. The van der Waals surface area contributed by atoms with E-state index in [9.17, 15) is 9.18 Å². The van der Waals surface area contributed by atoms with Gasteiger partial charge in [0.1, 0.15) is 5.82 Å². The predicted molar refractivity (Wildman–Crippen MR) is 73.7 cm³/mol. The van der Waals surface area contributed by atoms with Crippen LogP contribution in [0.15, 0.2) is 48.7 Å². The van der Waals surface area contributed by atoms with Crippen LogP contribution in [-0.4, -0.2) is 16.1 Å². The highest BCUT2D eigenvalue weighted by Crippen LogP contribution is 2.12. The van der Waals surface area contributed by atoms with Crippen molar-refractivity contribution in [2.45, 2.75) is 6.54 Å². The van der Waals surface area contributed by atoms with Gasteiger partial charge in [-0.3, -0.25) is 9.89 Å². The van der Waals surface area contributed by atoms with Gasteiger partial charge in [-0.1, -0.05) is 12.1 Å². The molecule has 4 nitrogen and oxygen atoms in total. The van der Waals surface area contributed by atoms with Crippen molar-refractivity contribution in [3.63, 3.8) is 0 Å². The third-order valence-corrected chi connectivity index (χ3v) is 3.07. The van der Waals surface area contributed by atoms with Crippen LogP contribution >= 0.6 is 0 Å². The number of rotatable bonds is 3. The zero-order valence-electron chi connectivity index (χ0n) is 10.6. The van der Waals surface area contributed by atoms with Crippen molar-refractivity contribution in [3.05, 3.63) is 65.6 Å². The van der Waals surface area contributed by atoms with Gasteiger partial charge in [0.25, 0.3) is 5.91 Å². The summed E-state index contributed by atoms with van der Waals surface area (Å²) in [6, 6.07) is 11.3. The third kappa shape index (κ3) is 2.51. The summed E-state index contributed by atoms with van der Waals surface area (Å²) in [7, 11) is 0. The summed E-state index contributed by atoms with van der Waals surface area (Å²) < 4.78 is 12.8. The maximum Gasteiger partial charge on any atom is 0.251 e. The molecule has 0 bridgehead atoms. The molecule has 0 unspecified atom stereocenters. The van der Waals surface area contributed by atoms with Gasteiger partial charge in [0, 0.05) is 17.5 Å². The number of benzene rings is 2. The summed E-state index contributed by atoms with van der Waals surface area (Å²) in [4.78, 5) is 11.9. The fraction of sp³-hybridized carbons (Fsp3) is 0.0667. The van der Waals surface area contributed by atoms with E-state index < -0.39 is 0 Å². The lowest BCUT2D eigenvalue weighted by molar-refractivity contribution is 0.0951. The minimum Gasteiger partial charge on any atom is -0.348 e. The molecule has 2 N–H and O–H groups in total. The summed E-state index contributed by atoms with van der Waals surface area (Å²) in [5, 5.41) is 10.6. The number of hydrogen-bond acceptors (Lipinski definition) is 2. The van der Waals surface area contributed by atoms with Crippen molar-refractivity contribution in [1.82, 2.24) is 15.5 Å². The van der Waals surface area contributed by atoms with E-state index in [-0.39, 0.29) is 11.7 Å². The average Bonchev–Trinajstić information content (AvgIpc) is 2.93. The molecule has 3 rings (SSSR count). The number of carbonyl (C=O) groups is 1. The minimum absolute atomic E-state index is 0.227. The van der Waals surface area contributed by atoms with Gasteiger partial charge in [0.05, 0.1) is 11.7 Å². The number of H-pyrrole nitrogens is 1. The van der Waals surface area contributed by atoms with Crippen LogP contribution in [0.4, 0.5) is 4.39 Å². The zero-order valence-corrected chi connectivity index (χ0v) is 10.6. The molecule has 1 heterocycles. The van der Waals surface area contributed by atoms with Gasteiger partial charge in [-0.15, -0.1) is 0 Å². The number of nitrogens with zero attached hydrogens (tertiary/aromatic N) is 1. The highest BCUT2D eigenvalue weighted by atomic mass is 19.1. The highest BCUT2D eigenvalue weighted by molar-refractivity contribution is 5.94. The van der Waals surface area contributed by atoms with E-state index in [1.54, 1.807) is 6.20 Å². The van der Waals surface area contributed by atoms with Crippen LogP contribution < -0.4 is 5.32 Å². The molecular formula is C15H12FN3O. The lowest BCUT2D eigenvalue weighted by Crippen LogP contribution is -2.22. The molecule has 0 atom stereocenters. The Morgan fingerprint density at radius 2 is 2.00 bits per heavy atom. The molecule has 0 saturated carbocycles. The van der Waals surface area contributed by atoms with Crippen LogP contribution in [0.5, 0.6) is 0 Å². The van der Waals surface area contributed by atoms with Crippen LogP contribution in [0, 0.1) is 5.82 Å². The standard InChI is InChI=1S/C15H12FN3O/c16-13-5-3-11(4-6-13)15(20)17-8-10-1-2-12-9-18-19-14(12)7-10/h1-7,9H,8H2,(H,17,20)(H,18,19). The molecule has 100 valence electrons. The maximum absolute atomic E-state index is 12.8. The first-order valence-electron chi connectivity index (χ1n) is 6.18. The van der Waals surface area contributed by atoms with E-state index in [1.165, 1.54) is 24.3 Å². The van der Waals surface area contributed by atoms with E-state index in [4.69, 9.17) is 0 Å². The van der Waals surface area contributed by atoms with Gasteiger partial charge in [-0.25, -0.2) is 4.39 Å². The Labute approximate surface area is 114 Å². The predicted octanol–water partition coefficient (Wildman–Crippen LogP) is 2.63. The van der Waals surface area contributed by atoms with E-state index in [1.807, 2.05) is 18.2 Å². The van der Waals surface area contributed by atoms with Crippen LogP contribution in [0.25, 0.3) is 10.9 Å². The minimum atomic E-state index is -0.355. The van der Waals surface area contributed by atoms with Crippen molar-refractivity contribution >= 4 is 16.8 Å². The van der Waals surface area contributed by atoms with E-state index in [2.05, 4.69) is 15.5 Å². The molecule has 0 aliphatic carbocycles. The van der Waals surface area contributed by atoms with Crippen LogP contribution in [0.3, 0.4) is 0 Å². The van der Waals surface area contributed by atoms with Gasteiger partial charge >= 0.3 is 0 Å². The second-order valence-electron chi connectivity index (χ2n) is 4.48. The van der Waals surface area contributed by atoms with E-state index in [0.29, 0.717) is 12.1 Å². The van der Waals surface area contributed by atoms with E-state index in [0.717, 1.165) is 16.5 Å². The number of hydrogen-bond donors (Lipinski definition) is 2. The number of fused-ring (bicyclic) bond motifs is 1. The summed E-state index contributed by atoms with van der Waals surface area (Å²) in [5.74, 6) is -0.582. The third-order valence-electron chi connectivity index (χ3n) is 3.07. The second-order valence-corrected chi connectivity index (χ2v) is 4.48. The Kier molecular flexibility index (Phi) is 3.16. The molecule has 0 aliphatic heterocycles. The lowest BCUT2D eigenvalue weighted by Gasteiger charge is -2.05. The molecule has 0 radical (unpaired) electrons. The fourth-order valence-corrected chi connectivity index (χ4v) is 1.98. The first kappa shape index (κ1) is 12.3. The Balaban J connectivity index is 1.69. The summed E-state index contributed by atoms with van der Waals surface area (Å²) in [6.07, 6.45) is 1.75. The SMILES string of the molecule is O=C(NCc1ccc2cn[nH]c2c1)c1ccc(F)cc1. The molecule has 2 aromatic carbocycles. The molecule has 3 aromatic rings. The first-order chi connectivity index (χ1) is 9.72. The fourth-order valence-electron chi connectivity index (χ4n) is 1.98. The molecule has 0 spiro atoms. The Morgan fingerprint density at radius 3 is 2.80 bits per heavy atom. The summed E-state index contributed by atoms with van der Waals surface area (Å²) in [6.45, 7) is 0.408. The van der Waals surface area contributed by atoms with Crippen molar-refractivity contribution in [1.29, 1.82) is 0 Å². The van der Waals surface area contributed by atoms with Crippen molar-refractivity contribution in [2.24, 2.45) is 0 Å². The second kappa shape index (κ2) is 5.13. The molecular weight excluding hydrogens is 257 g/mol. The van der Waals surface area contributed by atoms with Crippen molar-refractivity contribution < 1.29 is 9.18 Å². The maximum atomic E-state index is 12.8. The lowest BCUT2D eigenvalue weighted by atomic mass is 10.1. The van der Waals surface area contributed by atoms with Crippen LogP contribution in [0.2, 0.25) is 0 Å². The summed E-state index contributed by atoms with van der Waals surface area (Å²) >= 11 is 0. The molecule has 1 amide bonds. The molecule has 0 saturated heterocycles. The number of halogens is 1. The largest absolute Gasteiger partial charge is 0.348 e. The molecule has 0 fully saturated rings. The van der Waals surface area contributed by atoms with Crippen molar-refractivity contribution in [2.75, 3.05) is 0 Å². The molecule has 1 aromatic heterocycles.